The maximum atomic E-state index is 15.3. The first kappa shape index (κ1) is 44.9. The van der Waals surface area contributed by atoms with E-state index < -0.39 is 54.6 Å². The third-order valence-corrected chi connectivity index (χ3v) is 12.3. The van der Waals surface area contributed by atoms with Crippen molar-refractivity contribution in [3.05, 3.63) is 211 Å². The predicted octanol–water partition coefficient (Wildman–Crippen LogP) is 10.9. The first-order valence-corrected chi connectivity index (χ1v) is 22.4. The minimum atomic E-state index is -1.50. The van der Waals surface area contributed by atoms with Crippen molar-refractivity contribution in [1.29, 1.82) is 0 Å². The molecule has 0 radical (unpaired) electrons. The van der Waals surface area contributed by atoms with Gasteiger partial charge in [-0.2, -0.15) is 0 Å². The van der Waals surface area contributed by atoms with E-state index in [1.54, 1.807) is 146 Å². The number of ether oxygens (including phenoxy) is 5. The Labute approximate surface area is 402 Å². The molecule has 8 aromatic rings. The van der Waals surface area contributed by atoms with Gasteiger partial charge >= 0.3 is 17.9 Å². The molecule has 1 aliphatic rings. The van der Waals surface area contributed by atoms with Crippen LogP contribution in [0.3, 0.4) is 0 Å². The van der Waals surface area contributed by atoms with Crippen molar-refractivity contribution in [3.63, 3.8) is 0 Å². The molecule has 4 atom stereocenters. The van der Waals surface area contributed by atoms with Gasteiger partial charge in [-0.1, -0.05) is 106 Å². The molecule has 67 heavy (non-hydrogen) atoms. The number of carbonyl (C=O) groups is 3. The minimum absolute atomic E-state index is 0.0472. The summed E-state index contributed by atoms with van der Waals surface area (Å²) in [5, 5.41) is 0.590. The average Bonchev–Trinajstić information content (AvgIpc) is 3.68. The Morgan fingerprint density at radius 2 is 1.24 bits per heavy atom. The number of pyridine rings is 1. The van der Waals surface area contributed by atoms with Gasteiger partial charge in [0, 0.05) is 20.6 Å². The molecule has 0 amide bonds. The summed E-state index contributed by atoms with van der Waals surface area (Å²) in [6, 6.07) is 47.9. The first-order valence-electron chi connectivity index (χ1n) is 20.9. The monoisotopic (exact) mass is 993 g/mol. The highest BCUT2D eigenvalue weighted by molar-refractivity contribution is 9.10. The number of aromatic nitrogens is 3. The molecule has 0 aliphatic carbocycles. The van der Waals surface area contributed by atoms with Crippen molar-refractivity contribution < 1.29 is 38.1 Å². The second-order valence-electron chi connectivity index (χ2n) is 15.3. The fourth-order valence-corrected chi connectivity index (χ4v) is 8.56. The second-order valence-corrected chi connectivity index (χ2v) is 17.0. The number of hydrogen-bond acceptors (Lipinski definition) is 11. The standard InChI is InChI=1S/C52H37BrClN3O9S/c1-62-39-27-25-38(26-28-39)56-47(58)43-40(31-19-23-37(54)24-20-31)29-41(32-17-21-36(53)22-18-32)55-46(43)57(52(56)67)48-45(66-51(61)35-15-9-4-10-16-35)44(65-50(60)34-13-7-3-8-14-34)42(64-48)30-63-49(59)33-11-5-2-6-12-33/h2-29,42,44-45,48H,30H2,1H3/t42-,44-,45+,48-/m1/s1. The zero-order chi connectivity index (χ0) is 46.6. The van der Waals surface area contributed by atoms with Crippen LogP contribution in [0, 0.1) is 4.77 Å². The van der Waals surface area contributed by atoms with Gasteiger partial charge in [-0.15, -0.1) is 0 Å². The van der Waals surface area contributed by atoms with Crippen LogP contribution in [0.1, 0.15) is 37.3 Å². The van der Waals surface area contributed by atoms with Crippen molar-refractivity contribution in [1.82, 2.24) is 14.1 Å². The fourth-order valence-electron chi connectivity index (χ4n) is 7.79. The lowest BCUT2D eigenvalue weighted by molar-refractivity contribution is -0.0617. The van der Waals surface area contributed by atoms with Gasteiger partial charge in [0.05, 0.1) is 40.6 Å². The van der Waals surface area contributed by atoms with Crippen LogP contribution in [0.5, 0.6) is 5.75 Å². The summed E-state index contributed by atoms with van der Waals surface area (Å²) in [7, 11) is 1.53. The summed E-state index contributed by atoms with van der Waals surface area (Å²) in [4.78, 5) is 62.4. The van der Waals surface area contributed by atoms with Crippen LogP contribution in [0.2, 0.25) is 5.02 Å². The average molecular weight is 995 g/mol. The zero-order valence-corrected chi connectivity index (χ0v) is 38.5. The molecule has 2 aromatic heterocycles. The molecular weight excluding hydrogens is 958 g/mol. The summed E-state index contributed by atoms with van der Waals surface area (Å²) in [5.41, 5.74) is 2.76. The van der Waals surface area contributed by atoms with Crippen LogP contribution < -0.4 is 10.3 Å². The van der Waals surface area contributed by atoms with Gasteiger partial charge in [-0.25, -0.2) is 19.4 Å². The Hall–Kier alpha value is -7.23. The van der Waals surface area contributed by atoms with Gasteiger partial charge in [-0.05, 0) is 109 Å². The predicted molar refractivity (Wildman–Crippen MR) is 258 cm³/mol. The van der Waals surface area contributed by atoms with Gasteiger partial charge in [0.1, 0.15) is 18.5 Å². The van der Waals surface area contributed by atoms with Crippen molar-refractivity contribution in [2.75, 3.05) is 13.7 Å². The summed E-state index contributed by atoms with van der Waals surface area (Å²) in [6.07, 6.45) is -5.69. The Morgan fingerprint density at radius 1 is 0.701 bits per heavy atom. The third-order valence-electron chi connectivity index (χ3n) is 11.1. The quantitative estimate of drug-likeness (QED) is 0.0657. The highest BCUT2D eigenvalue weighted by Crippen LogP contribution is 2.40. The van der Waals surface area contributed by atoms with Crippen molar-refractivity contribution in [2.24, 2.45) is 0 Å². The normalized spacial score (nSPS) is 16.6. The van der Waals surface area contributed by atoms with Crippen molar-refractivity contribution in [2.45, 2.75) is 24.5 Å². The summed E-state index contributed by atoms with van der Waals surface area (Å²) in [5.74, 6) is -1.71. The first-order chi connectivity index (χ1) is 32.6. The molecule has 3 heterocycles. The van der Waals surface area contributed by atoms with Crippen LogP contribution in [0.4, 0.5) is 0 Å². The van der Waals surface area contributed by atoms with Gasteiger partial charge in [0.2, 0.25) is 0 Å². The molecule has 1 aliphatic heterocycles. The molecular formula is C52H37BrClN3O9S. The van der Waals surface area contributed by atoms with E-state index in [0.717, 1.165) is 4.47 Å². The molecule has 0 unspecified atom stereocenters. The number of hydrogen-bond donors (Lipinski definition) is 0. The van der Waals surface area contributed by atoms with Gasteiger partial charge in [-0.3, -0.25) is 13.9 Å². The van der Waals surface area contributed by atoms with E-state index in [4.69, 9.17) is 52.5 Å². The molecule has 9 rings (SSSR count). The molecule has 0 bridgehead atoms. The van der Waals surface area contributed by atoms with Crippen LogP contribution in [0.15, 0.2) is 179 Å². The number of carbonyl (C=O) groups excluding carboxylic acids is 3. The highest BCUT2D eigenvalue weighted by atomic mass is 79.9. The number of methoxy groups -OCH3 is 1. The van der Waals surface area contributed by atoms with Crippen LogP contribution in [0.25, 0.3) is 39.1 Å². The largest absolute Gasteiger partial charge is 0.497 e. The van der Waals surface area contributed by atoms with Crippen LogP contribution >= 0.6 is 39.7 Å². The zero-order valence-electron chi connectivity index (χ0n) is 35.4. The summed E-state index contributed by atoms with van der Waals surface area (Å²) >= 11 is 16.3. The van der Waals surface area contributed by atoms with E-state index in [-0.39, 0.29) is 32.5 Å². The smallest absolute Gasteiger partial charge is 0.338 e. The maximum Gasteiger partial charge on any atom is 0.338 e. The fraction of sp³-hybridized carbons (Fsp3) is 0.115. The second kappa shape index (κ2) is 19.7. The van der Waals surface area contributed by atoms with Crippen LogP contribution in [-0.2, 0) is 18.9 Å². The number of esters is 3. The van der Waals surface area contributed by atoms with E-state index in [1.807, 2.05) is 24.3 Å². The number of halogens is 2. The molecule has 0 saturated carbocycles. The summed E-state index contributed by atoms with van der Waals surface area (Å²) < 4.78 is 34.4. The van der Waals surface area contributed by atoms with Crippen LogP contribution in [-0.4, -0.2) is 64.1 Å². The molecule has 0 spiro atoms. The molecule has 12 nitrogen and oxygen atoms in total. The van der Waals surface area contributed by atoms with Crippen molar-refractivity contribution >= 4 is 68.7 Å². The Kier molecular flexibility index (Phi) is 13.2. The Bertz CT molecular complexity index is 3230. The lowest BCUT2D eigenvalue weighted by atomic mass is 10.00. The number of rotatable bonds is 12. The number of benzene rings is 6. The van der Waals surface area contributed by atoms with Gasteiger partial charge < -0.3 is 23.7 Å². The Balaban J connectivity index is 1.32. The molecule has 15 heteroatoms. The third kappa shape index (κ3) is 9.42. The van der Waals surface area contributed by atoms with E-state index in [2.05, 4.69) is 15.9 Å². The van der Waals surface area contributed by atoms with E-state index >= 15 is 4.79 Å². The topological polar surface area (TPSA) is 137 Å². The van der Waals surface area contributed by atoms with E-state index in [1.165, 1.54) is 16.2 Å². The SMILES string of the molecule is COc1ccc(-n2c(=O)c3c(-c4ccc(Cl)cc4)cc(-c4ccc(Br)cc4)nc3n([C@@H]3O[C@H](COC(=O)c4ccccc4)[C@@H](OC(=O)c4ccccc4)[C@@H]3OC(=O)c3ccccc3)c2=S)cc1. The van der Waals surface area contributed by atoms with E-state index in [0.29, 0.717) is 38.8 Å². The highest BCUT2D eigenvalue weighted by Gasteiger charge is 2.52. The molecule has 334 valence electrons. The van der Waals surface area contributed by atoms with Gasteiger partial charge in [0.25, 0.3) is 5.56 Å². The molecule has 1 saturated heterocycles. The van der Waals surface area contributed by atoms with Gasteiger partial charge in [0.15, 0.2) is 28.9 Å². The minimum Gasteiger partial charge on any atom is -0.497 e. The molecule has 0 N–H and O–H groups in total. The maximum absolute atomic E-state index is 15.3. The molecule has 1 fully saturated rings. The lowest BCUT2D eigenvalue weighted by Gasteiger charge is -2.27. The van der Waals surface area contributed by atoms with E-state index in [9.17, 15) is 14.4 Å². The Morgan fingerprint density at radius 3 is 1.81 bits per heavy atom. The van der Waals surface area contributed by atoms with Crippen molar-refractivity contribution in [3.8, 4) is 33.8 Å². The number of fused-ring (bicyclic) bond motifs is 1. The molecule has 6 aromatic carbocycles. The summed E-state index contributed by atoms with van der Waals surface area (Å²) in [6.45, 7) is -0.465. The lowest BCUT2D eigenvalue weighted by Crippen LogP contribution is -2.42. The number of nitrogens with zero attached hydrogens (tertiary/aromatic N) is 3.